The first-order chi connectivity index (χ1) is 10.1. The molecule has 0 unspecified atom stereocenters. The normalized spacial score (nSPS) is 20.1. The van der Waals surface area contributed by atoms with E-state index in [1.165, 1.54) is 0 Å². The van der Waals surface area contributed by atoms with Crippen LogP contribution in [0.25, 0.3) is 0 Å². The molecule has 1 fully saturated rings. The second kappa shape index (κ2) is 7.66. The van der Waals surface area contributed by atoms with E-state index in [4.69, 9.17) is 22.1 Å². The van der Waals surface area contributed by atoms with Crippen LogP contribution in [0, 0.1) is 5.92 Å². The number of carbonyl (C=O) groups excluding carboxylic acids is 1. The first-order valence-corrected chi connectivity index (χ1v) is 7.91. The summed E-state index contributed by atoms with van der Waals surface area (Å²) in [4.78, 5) is 14.0. The van der Waals surface area contributed by atoms with Crippen LogP contribution in [0.3, 0.4) is 0 Å². The van der Waals surface area contributed by atoms with E-state index < -0.39 is 0 Å². The molecule has 1 amide bonds. The quantitative estimate of drug-likeness (QED) is 0.909. The van der Waals surface area contributed by atoms with Crippen molar-refractivity contribution in [2.24, 2.45) is 11.7 Å². The molecule has 2 atom stereocenters. The van der Waals surface area contributed by atoms with Crippen LogP contribution in [0.15, 0.2) is 24.3 Å². The molecule has 1 aliphatic rings. The average Bonchev–Trinajstić information content (AvgIpc) is 2.53. The second-order valence-electron chi connectivity index (χ2n) is 5.55. The van der Waals surface area contributed by atoms with Gasteiger partial charge in [0.05, 0.1) is 17.7 Å². The summed E-state index contributed by atoms with van der Waals surface area (Å²) < 4.78 is 5.79. The van der Waals surface area contributed by atoms with Gasteiger partial charge in [-0.05, 0) is 31.4 Å². The Kier molecular flexibility index (Phi) is 5.88. The van der Waals surface area contributed by atoms with Gasteiger partial charge in [-0.3, -0.25) is 4.79 Å². The van der Waals surface area contributed by atoms with Crippen molar-refractivity contribution < 1.29 is 9.53 Å². The number of nitrogens with zero attached hydrogens (tertiary/aromatic N) is 1. The van der Waals surface area contributed by atoms with Crippen molar-refractivity contribution in [2.75, 3.05) is 19.7 Å². The van der Waals surface area contributed by atoms with Gasteiger partial charge in [0.1, 0.15) is 5.75 Å². The van der Waals surface area contributed by atoms with Gasteiger partial charge in [-0.15, -0.1) is 0 Å². The Morgan fingerprint density at radius 2 is 2.29 bits per heavy atom. The third-order valence-corrected chi connectivity index (χ3v) is 4.21. The van der Waals surface area contributed by atoms with E-state index in [2.05, 4.69) is 0 Å². The summed E-state index contributed by atoms with van der Waals surface area (Å²) in [5, 5.41) is 0.620. The zero-order valence-corrected chi connectivity index (χ0v) is 13.2. The van der Waals surface area contributed by atoms with Gasteiger partial charge in [0, 0.05) is 19.0 Å². The maximum Gasteiger partial charge on any atom is 0.239 e. The topological polar surface area (TPSA) is 55.6 Å². The summed E-state index contributed by atoms with van der Waals surface area (Å²) in [5.41, 5.74) is 5.84. The second-order valence-corrected chi connectivity index (χ2v) is 5.96. The standard InChI is InChI=1S/C16H23ClN2O2/c1-2-14(18)16(20)19-9-5-6-12(10-19)11-21-15-8-4-3-7-13(15)17/h3-4,7-8,12,14H,2,5-6,9-11,18H2,1H3/t12-,14-/m0/s1. The van der Waals surface area contributed by atoms with E-state index in [1.807, 2.05) is 36.1 Å². The number of nitrogens with two attached hydrogens (primary N) is 1. The van der Waals surface area contributed by atoms with Crippen molar-refractivity contribution in [1.29, 1.82) is 0 Å². The molecular weight excluding hydrogens is 288 g/mol. The monoisotopic (exact) mass is 310 g/mol. The van der Waals surface area contributed by atoms with Crippen molar-refractivity contribution >= 4 is 17.5 Å². The van der Waals surface area contributed by atoms with Gasteiger partial charge in [-0.2, -0.15) is 0 Å². The molecule has 0 aliphatic carbocycles. The van der Waals surface area contributed by atoms with E-state index in [9.17, 15) is 4.79 Å². The smallest absolute Gasteiger partial charge is 0.239 e. The molecule has 0 bridgehead atoms. The zero-order valence-electron chi connectivity index (χ0n) is 12.4. The lowest BCUT2D eigenvalue weighted by Crippen LogP contribution is -2.48. The fourth-order valence-corrected chi connectivity index (χ4v) is 2.77. The molecule has 2 N–H and O–H groups in total. The molecule has 0 radical (unpaired) electrons. The summed E-state index contributed by atoms with van der Waals surface area (Å²) >= 11 is 6.08. The number of halogens is 1. The lowest BCUT2D eigenvalue weighted by molar-refractivity contribution is -0.134. The van der Waals surface area contributed by atoms with E-state index in [0.29, 0.717) is 29.7 Å². The van der Waals surface area contributed by atoms with Crippen LogP contribution in [-0.2, 0) is 4.79 Å². The summed E-state index contributed by atoms with van der Waals surface area (Å²) in [6.45, 7) is 4.03. The molecule has 1 aromatic rings. The predicted octanol–water partition coefficient (Wildman–Crippen LogP) is 2.69. The Hall–Kier alpha value is -1.26. The molecule has 1 aromatic carbocycles. The molecule has 116 valence electrons. The Balaban J connectivity index is 1.87. The lowest BCUT2D eigenvalue weighted by atomic mass is 9.98. The molecule has 1 heterocycles. The highest BCUT2D eigenvalue weighted by Crippen LogP contribution is 2.25. The zero-order chi connectivity index (χ0) is 15.2. The maximum atomic E-state index is 12.1. The van der Waals surface area contributed by atoms with Gasteiger partial charge in [0.25, 0.3) is 0 Å². The van der Waals surface area contributed by atoms with Crippen molar-refractivity contribution in [3.8, 4) is 5.75 Å². The molecular formula is C16H23ClN2O2. The number of hydrogen-bond acceptors (Lipinski definition) is 3. The highest BCUT2D eigenvalue weighted by molar-refractivity contribution is 6.32. The van der Waals surface area contributed by atoms with Crippen molar-refractivity contribution in [3.05, 3.63) is 29.3 Å². The van der Waals surface area contributed by atoms with Crippen molar-refractivity contribution in [3.63, 3.8) is 0 Å². The highest BCUT2D eigenvalue weighted by Gasteiger charge is 2.26. The van der Waals surface area contributed by atoms with Gasteiger partial charge in [-0.1, -0.05) is 30.7 Å². The number of piperidine rings is 1. The number of amides is 1. The number of likely N-dealkylation sites (tertiary alicyclic amines) is 1. The lowest BCUT2D eigenvalue weighted by Gasteiger charge is -2.34. The Labute approximate surface area is 131 Å². The molecule has 0 spiro atoms. The summed E-state index contributed by atoms with van der Waals surface area (Å²) in [7, 11) is 0. The first-order valence-electron chi connectivity index (χ1n) is 7.53. The van der Waals surface area contributed by atoms with Gasteiger partial charge < -0.3 is 15.4 Å². The van der Waals surface area contributed by atoms with Crippen LogP contribution in [0.5, 0.6) is 5.75 Å². The number of carbonyl (C=O) groups is 1. The number of rotatable bonds is 5. The van der Waals surface area contributed by atoms with Crippen LogP contribution >= 0.6 is 11.6 Å². The molecule has 4 nitrogen and oxygen atoms in total. The Morgan fingerprint density at radius 3 is 3.00 bits per heavy atom. The van der Waals surface area contributed by atoms with E-state index in [1.54, 1.807) is 0 Å². The van der Waals surface area contributed by atoms with E-state index >= 15 is 0 Å². The number of ether oxygens (including phenoxy) is 1. The van der Waals surface area contributed by atoms with Crippen LogP contribution in [0.1, 0.15) is 26.2 Å². The number of benzene rings is 1. The fraction of sp³-hybridized carbons (Fsp3) is 0.562. The van der Waals surface area contributed by atoms with E-state index in [-0.39, 0.29) is 11.9 Å². The first kappa shape index (κ1) is 16.1. The average molecular weight is 311 g/mol. The van der Waals surface area contributed by atoms with Crippen LogP contribution < -0.4 is 10.5 Å². The van der Waals surface area contributed by atoms with Gasteiger partial charge in [0.2, 0.25) is 5.91 Å². The molecule has 0 aromatic heterocycles. The number of hydrogen-bond donors (Lipinski definition) is 1. The highest BCUT2D eigenvalue weighted by atomic mass is 35.5. The molecule has 21 heavy (non-hydrogen) atoms. The Bertz CT molecular complexity index is 481. The van der Waals surface area contributed by atoms with Crippen molar-refractivity contribution in [2.45, 2.75) is 32.2 Å². The number of para-hydroxylation sites is 1. The van der Waals surface area contributed by atoms with Crippen LogP contribution in [0.4, 0.5) is 0 Å². The molecule has 2 rings (SSSR count). The molecule has 1 saturated heterocycles. The van der Waals surface area contributed by atoms with Crippen LogP contribution in [0.2, 0.25) is 5.02 Å². The van der Waals surface area contributed by atoms with Gasteiger partial charge >= 0.3 is 0 Å². The third kappa shape index (κ3) is 4.35. The Morgan fingerprint density at radius 1 is 1.52 bits per heavy atom. The van der Waals surface area contributed by atoms with Gasteiger partial charge in [0.15, 0.2) is 0 Å². The molecule has 0 saturated carbocycles. The minimum absolute atomic E-state index is 0.0555. The molecule has 5 heteroatoms. The SMILES string of the molecule is CC[C@H](N)C(=O)N1CCC[C@H](COc2ccccc2Cl)C1. The third-order valence-electron chi connectivity index (χ3n) is 3.90. The van der Waals surface area contributed by atoms with Crippen LogP contribution in [-0.4, -0.2) is 36.5 Å². The minimum atomic E-state index is -0.381. The van der Waals surface area contributed by atoms with Crippen molar-refractivity contribution in [1.82, 2.24) is 4.90 Å². The summed E-state index contributed by atoms with van der Waals surface area (Å²) in [5.74, 6) is 1.09. The fourth-order valence-electron chi connectivity index (χ4n) is 2.58. The van der Waals surface area contributed by atoms with Gasteiger partial charge in [-0.25, -0.2) is 0 Å². The minimum Gasteiger partial charge on any atom is -0.492 e. The largest absolute Gasteiger partial charge is 0.492 e. The maximum absolute atomic E-state index is 12.1. The summed E-state index contributed by atoms with van der Waals surface area (Å²) in [6.07, 6.45) is 2.74. The predicted molar refractivity (Wildman–Crippen MR) is 84.5 cm³/mol. The van der Waals surface area contributed by atoms with E-state index in [0.717, 1.165) is 25.9 Å². The summed E-state index contributed by atoms with van der Waals surface area (Å²) in [6, 6.07) is 7.07. The molecule has 1 aliphatic heterocycles.